The van der Waals surface area contributed by atoms with E-state index in [2.05, 4.69) is 17.2 Å². The second-order valence-electron chi connectivity index (χ2n) is 4.23. The first-order chi connectivity index (χ1) is 8.16. The second kappa shape index (κ2) is 14.1. The first kappa shape index (κ1) is 19.4. The molecule has 0 rings (SSSR count). The maximum atomic E-state index is 10.4. The molecule has 0 spiro atoms. The average molecular weight is 279 g/mol. The van der Waals surface area contributed by atoms with Crippen LogP contribution in [0.25, 0.3) is 0 Å². The van der Waals surface area contributed by atoms with Crippen LogP contribution in [-0.4, -0.2) is 18.5 Å². The molecule has 0 aliphatic heterocycles. The lowest BCUT2D eigenvalue weighted by atomic mass is 10.1. The fourth-order valence-corrected chi connectivity index (χ4v) is 1.61. The van der Waals surface area contributed by atoms with Crippen LogP contribution in [0.5, 0.6) is 0 Å². The summed E-state index contributed by atoms with van der Waals surface area (Å²) in [6, 6.07) is -0.665. The number of primary amides is 1. The van der Waals surface area contributed by atoms with Gasteiger partial charge in [0, 0.05) is 6.54 Å². The molecule has 108 valence electrons. The van der Waals surface area contributed by atoms with Gasteiger partial charge in [-0.25, -0.2) is 4.79 Å². The van der Waals surface area contributed by atoms with Gasteiger partial charge in [0.25, 0.3) is 0 Å². The lowest BCUT2D eigenvalue weighted by molar-refractivity contribution is 0.253. The molecule has 0 aromatic carbocycles. The number of carbonyl (C=O) groups is 1. The Hall–Kier alpha value is -0.970. The molecule has 0 atom stereocenters. The lowest BCUT2D eigenvalue weighted by Gasteiger charge is -2.01. The van der Waals surface area contributed by atoms with Crippen molar-refractivity contribution in [1.29, 1.82) is 0 Å². The molecule has 0 heterocycles. The number of urea groups is 1. The summed E-state index contributed by atoms with van der Waals surface area (Å²) >= 11 is 0. The standard InChI is InChI=1S/C12H26N4O.ClH/c1-2-3-4-5-6-7-8-9-10-15-11(13)16-12(14)17;/h2-10H2,1H3,(H5,13,14,15,16,17);1H. The number of guanidine groups is 1. The molecule has 0 bridgehead atoms. The van der Waals surface area contributed by atoms with Crippen LogP contribution in [0, 0.1) is 0 Å². The Bertz CT molecular complexity index is 234. The fourth-order valence-electron chi connectivity index (χ4n) is 1.61. The van der Waals surface area contributed by atoms with E-state index in [0.717, 1.165) is 6.42 Å². The van der Waals surface area contributed by atoms with E-state index in [1.54, 1.807) is 0 Å². The number of amides is 2. The number of aliphatic imine (C=N–C) groups is 1. The number of nitrogens with two attached hydrogens (primary N) is 2. The first-order valence-corrected chi connectivity index (χ1v) is 6.53. The zero-order valence-electron chi connectivity index (χ0n) is 11.3. The Morgan fingerprint density at radius 2 is 1.50 bits per heavy atom. The number of hydrogen-bond acceptors (Lipinski definition) is 2. The van der Waals surface area contributed by atoms with Crippen molar-refractivity contribution in [1.82, 2.24) is 5.32 Å². The third-order valence-corrected chi connectivity index (χ3v) is 2.55. The molecule has 18 heavy (non-hydrogen) atoms. The Morgan fingerprint density at radius 1 is 1.00 bits per heavy atom. The van der Waals surface area contributed by atoms with E-state index in [9.17, 15) is 4.79 Å². The molecule has 0 aliphatic carbocycles. The van der Waals surface area contributed by atoms with Crippen LogP contribution in [0.1, 0.15) is 58.3 Å². The summed E-state index contributed by atoms with van der Waals surface area (Å²) in [5, 5.41) is 2.23. The van der Waals surface area contributed by atoms with Crippen molar-refractivity contribution in [2.24, 2.45) is 16.5 Å². The Morgan fingerprint density at radius 3 is 2.00 bits per heavy atom. The molecule has 0 aromatic heterocycles. The zero-order chi connectivity index (χ0) is 12.9. The second-order valence-corrected chi connectivity index (χ2v) is 4.23. The highest BCUT2D eigenvalue weighted by molar-refractivity contribution is 5.94. The topological polar surface area (TPSA) is 93.5 Å². The molecule has 2 amide bonds. The van der Waals surface area contributed by atoms with Crippen molar-refractivity contribution in [2.45, 2.75) is 58.3 Å². The molecule has 0 radical (unpaired) electrons. The minimum atomic E-state index is -0.665. The molecule has 6 heteroatoms. The average Bonchev–Trinajstić information content (AvgIpc) is 2.26. The largest absolute Gasteiger partial charge is 0.370 e. The molecular weight excluding hydrogens is 252 g/mol. The third kappa shape index (κ3) is 15.0. The van der Waals surface area contributed by atoms with Crippen LogP contribution in [0.2, 0.25) is 0 Å². The normalized spacial score (nSPS) is 10.8. The van der Waals surface area contributed by atoms with Gasteiger partial charge in [0.2, 0.25) is 0 Å². The summed E-state index contributed by atoms with van der Waals surface area (Å²) in [5.41, 5.74) is 10.3. The molecule has 0 aromatic rings. The van der Waals surface area contributed by atoms with E-state index in [1.807, 2.05) is 0 Å². The molecule has 0 aliphatic rings. The van der Waals surface area contributed by atoms with Crippen molar-refractivity contribution >= 4 is 24.4 Å². The van der Waals surface area contributed by atoms with E-state index in [-0.39, 0.29) is 18.4 Å². The zero-order valence-corrected chi connectivity index (χ0v) is 12.1. The Labute approximate surface area is 116 Å². The van der Waals surface area contributed by atoms with Gasteiger partial charge in [0.1, 0.15) is 0 Å². The number of nitrogens with one attached hydrogen (secondary N) is 1. The van der Waals surface area contributed by atoms with Gasteiger partial charge in [-0.15, -0.1) is 12.4 Å². The van der Waals surface area contributed by atoms with Crippen LogP contribution >= 0.6 is 12.4 Å². The van der Waals surface area contributed by atoms with Gasteiger partial charge >= 0.3 is 6.03 Å². The van der Waals surface area contributed by atoms with Crippen LogP contribution in [-0.2, 0) is 0 Å². The van der Waals surface area contributed by atoms with E-state index >= 15 is 0 Å². The van der Waals surface area contributed by atoms with Crippen LogP contribution in [0.3, 0.4) is 0 Å². The van der Waals surface area contributed by atoms with Crippen LogP contribution in [0.15, 0.2) is 4.99 Å². The monoisotopic (exact) mass is 278 g/mol. The fraction of sp³-hybridized carbons (Fsp3) is 0.833. The SMILES string of the molecule is CCCCCCCCCCN=C(N)NC(N)=O.Cl. The van der Waals surface area contributed by atoms with E-state index in [4.69, 9.17) is 11.5 Å². The van der Waals surface area contributed by atoms with Gasteiger partial charge in [-0.1, -0.05) is 51.9 Å². The van der Waals surface area contributed by atoms with Gasteiger partial charge in [0.05, 0.1) is 0 Å². The van der Waals surface area contributed by atoms with Gasteiger partial charge in [0.15, 0.2) is 5.96 Å². The third-order valence-electron chi connectivity index (χ3n) is 2.55. The van der Waals surface area contributed by atoms with Gasteiger partial charge in [-0.05, 0) is 6.42 Å². The van der Waals surface area contributed by atoms with Crippen molar-refractivity contribution in [3.63, 3.8) is 0 Å². The predicted octanol–water partition coefficient (Wildman–Crippen LogP) is 2.53. The summed E-state index contributed by atoms with van der Waals surface area (Å²) in [4.78, 5) is 14.4. The van der Waals surface area contributed by atoms with Crippen LogP contribution in [0.4, 0.5) is 4.79 Å². The Balaban J connectivity index is 0. The van der Waals surface area contributed by atoms with Crippen LogP contribution < -0.4 is 16.8 Å². The highest BCUT2D eigenvalue weighted by Gasteiger charge is 1.95. The smallest absolute Gasteiger partial charge is 0.318 e. The quantitative estimate of drug-likeness (QED) is 0.343. The van der Waals surface area contributed by atoms with E-state index < -0.39 is 6.03 Å². The van der Waals surface area contributed by atoms with Crippen molar-refractivity contribution in [2.75, 3.05) is 6.54 Å². The maximum Gasteiger partial charge on any atom is 0.318 e. The van der Waals surface area contributed by atoms with E-state index in [0.29, 0.717) is 6.54 Å². The molecular formula is C12H27ClN4O. The summed E-state index contributed by atoms with van der Waals surface area (Å²) in [7, 11) is 0. The number of halogens is 1. The summed E-state index contributed by atoms with van der Waals surface area (Å²) in [5.74, 6) is 0.112. The van der Waals surface area contributed by atoms with Gasteiger partial charge in [-0.3, -0.25) is 10.3 Å². The van der Waals surface area contributed by atoms with Gasteiger partial charge < -0.3 is 11.5 Å². The van der Waals surface area contributed by atoms with Gasteiger partial charge in [-0.2, -0.15) is 0 Å². The number of hydrogen-bond donors (Lipinski definition) is 3. The highest BCUT2D eigenvalue weighted by atomic mass is 35.5. The first-order valence-electron chi connectivity index (χ1n) is 6.53. The number of unbranched alkanes of at least 4 members (excludes halogenated alkanes) is 7. The number of rotatable bonds is 9. The lowest BCUT2D eigenvalue weighted by Crippen LogP contribution is -2.40. The van der Waals surface area contributed by atoms with Crippen molar-refractivity contribution in [3.05, 3.63) is 0 Å². The molecule has 0 fully saturated rings. The molecule has 0 unspecified atom stereocenters. The predicted molar refractivity (Wildman–Crippen MR) is 79.1 cm³/mol. The minimum Gasteiger partial charge on any atom is -0.370 e. The Kier molecular flexibility index (Phi) is 15.2. The minimum absolute atomic E-state index is 0. The maximum absolute atomic E-state index is 10.4. The van der Waals surface area contributed by atoms with Crippen molar-refractivity contribution in [3.8, 4) is 0 Å². The highest BCUT2D eigenvalue weighted by Crippen LogP contribution is 2.08. The molecule has 0 saturated heterocycles. The summed E-state index contributed by atoms with van der Waals surface area (Å²) in [6.07, 6.45) is 10.1. The summed E-state index contributed by atoms with van der Waals surface area (Å²) < 4.78 is 0. The molecule has 0 saturated carbocycles. The number of carbonyl (C=O) groups excluding carboxylic acids is 1. The van der Waals surface area contributed by atoms with Crippen molar-refractivity contribution < 1.29 is 4.79 Å². The molecule has 5 N–H and O–H groups in total. The summed E-state index contributed by atoms with van der Waals surface area (Å²) in [6.45, 7) is 2.88. The number of nitrogens with zero attached hydrogens (tertiary/aromatic N) is 1. The van der Waals surface area contributed by atoms with E-state index in [1.165, 1.54) is 44.9 Å². The molecule has 5 nitrogen and oxygen atoms in total.